The van der Waals surface area contributed by atoms with Crippen LogP contribution in [0.1, 0.15) is 59.3 Å². The van der Waals surface area contributed by atoms with E-state index in [0.717, 1.165) is 12.3 Å². The first-order valence-electron chi connectivity index (χ1n) is 5.74. The molecule has 0 bridgehead atoms. The largest absolute Gasteiger partial charge is 0.481 e. The highest BCUT2D eigenvalue weighted by Crippen LogP contribution is 2.16. The second-order valence-corrected chi connectivity index (χ2v) is 4.72. The van der Waals surface area contributed by atoms with Gasteiger partial charge in [0.2, 0.25) is 0 Å². The number of hydrogen-bond acceptors (Lipinski definition) is 1. The fourth-order valence-corrected chi connectivity index (χ4v) is 1.56. The highest BCUT2D eigenvalue weighted by Gasteiger charge is 2.05. The lowest BCUT2D eigenvalue weighted by molar-refractivity contribution is -0.137. The zero-order valence-corrected chi connectivity index (χ0v) is 9.75. The number of carboxylic acids is 1. The van der Waals surface area contributed by atoms with Gasteiger partial charge in [-0.25, -0.2) is 0 Å². The Labute approximate surface area is 87.7 Å². The number of carboxylic acid groups (broad SMARTS) is 1. The SMILES string of the molecule is CC(C)CCCC[C@H](C)CCC(=O)O. The average molecular weight is 200 g/mol. The monoisotopic (exact) mass is 200 g/mol. The van der Waals surface area contributed by atoms with Crippen LogP contribution in [0.15, 0.2) is 0 Å². The first-order chi connectivity index (χ1) is 6.52. The Morgan fingerprint density at radius 1 is 1.07 bits per heavy atom. The molecule has 0 aliphatic rings. The summed E-state index contributed by atoms with van der Waals surface area (Å²) in [5.74, 6) is 0.696. The van der Waals surface area contributed by atoms with Gasteiger partial charge in [-0.15, -0.1) is 0 Å². The van der Waals surface area contributed by atoms with Crippen molar-refractivity contribution >= 4 is 5.97 Å². The maximum atomic E-state index is 10.3. The Balaban J connectivity index is 3.26. The van der Waals surface area contributed by atoms with Gasteiger partial charge in [0.1, 0.15) is 0 Å². The Morgan fingerprint density at radius 2 is 1.64 bits per heavy atom. The zero-order chi connectivity index (χ0) is 11.0. The highest BCUT2D eigenvalue weighted by atomic mass is 16.4. The van der Waals surface area contributed by atoms with Crippen LogP contribution in [-0.2, 0) is 4.79 Å². The molecule has 0 aliphatic carbocycles. The van der Waals surface area contributed by atoms with E-state index in [1.165, 1.54) is 25.7 Å². The quantitative estimate of drug-likeness (QED) is 0.606. The van der Waals surface area contributed by atoms with Crippen LogP contribution in [0.5, 0.6) is 0 Å². The molecule has 1 atom stereocenters. The van der Waals surface area contributed by atoms with Crippen molar-refractivity contribution in [2.24, 2.45) is 11.8 Å². The molecule has 1 N–H and O–H groups in total. The van der Waals surface area contributed by atoms with Gasteiger partial charge in [0.15, 0.2) is 0 Å². The Hall–Kier alpha value is -0.530. The lowest BCUT2D eigenvalue weighted by atomic mass is 9.96. The minimum absolute atomic E-state index is 0.325. The van der Waals surface area contributed by atoms with Crippen LogP contribution in [0.25, 0.3) is 0 Å². The van der Waals surface area contributed by atoms with Crippen LogP contribution in [-0.4, -0.2) is 11.1 Å². The first-order valence-corrected chi connectivity index (χ1v) is 5.74. The molecule has 0 rings (SSSR count). The van der Waals surface area contributed by atoms with Crippen LogP contribution in [0.3, 0.4) is 0 Å². The van der Waals surface area contributed by atoms with E-state index < -0.39 is 5.97 Å². The van der Waals surface area contributed by atoms with Gasteiger partial charge in [-0.05, 0) is 18.3 Å². The van der Waals surface area contributed by atoms with E-state index >= 15 is 0 Å². The predicted molar refractivity (Wildman–Crippen MR) is 59.3 cm³/mol. The normalized spacial score (nSPS) is 13.1. The van der Waals surface area contributed by atoms with E-state index in [1.54, 1.807) is 0 Å². The summed E-state index contributed by atoms with van der Waals surface area (Å²) in [6.45, 7) is 6.64. The third-order valence-corrected chi connectivity index (χ3v) is 2.58. The number of hydrogen-bond donors (Lipinski definition) is 1. The molecule has 0 heterocycles. The fraction of sp³-hybridized carbons (Fsp3) is 0.917. The Morgan fingerprint density at radius 3 is 2.14 bits per heavy atom. The van der Waals surface area contributed by atoms with Crippen molar-refractivity contribution in [2.45, 2.75) is 59.3 Å². The second-order valence-electron chi connectivity index (χ2n) is 4.72. The highest BCUT2D eigenvalue weighted by molar-refractivity contribution is 5.66. The van der Waals surface area contributed by atoms with Crippen LogP contribution in [0, 0.1) is 11.8 Å². The summed E-state index contributed by atoms with van der Waals surface area (Å²) >= 11 is 0. The summed E-state index contributed by atoms with van der Waals surface area (Å²) in [6.07, 6.45) is 6.17. The summed E-state index contributed by atoms with van der Waals surface area (Å²) in [5, 5.41) is 8.51. The third-order valence-electron chi connectivity index (χ3n) is 2.58. The van der Waals surface area contributed by atoms with Gasteiger partial charge in [0, 0.05) is 6.42 Å². The van der Waals surface area contributed by atoms with E-state index in [1.807, 2.05) is 0 Å². The topological polar surface area (TPSA) is 37.3 Å². The molecule has 84 valence electrons. The predicted octanol–water partition coefficient (Wildman–Crippen LogP) is 3.70. The summed E-state index contributed by atoms with van der Waals surface area (Å²) in [5.41, 5.74) is 0. The molecule has 0 spiro atoms. The standard InChI is InChI=1S/C12H24O2/c1-10(2)6-4-5-7-11(3)8-9-12(13)14/h10-11H,4-9H2,1-3H3,(H,13,14)/t11-/m0/s1. The van der Waals surface area contributed by atoms with Crippen molar-refractivity contribution in [3.8, 4) is 0 Å². The molecule has 0 aromatic heterocycles. The van der Waals surface area contributed by atoms with E-state index in [-0.39, 0.29) is 0 Å². The molecular weight excluding hydrogens is 176 g/mol. The van der Waals surface area contributed by atoms with Crippen LogP contribution in [0.4, 0.5) is 0 Å². The molecule has 2 heteroatoms. The van der Waals surface area contributed by atoms with Crippen molar-refractivity contribution in [3.05, 3.63) is 0 Å². The maximum absolute atomic E-state index is 10.3. The molecule has 0 aliphatic heterocycles. The zero-order valence-electron chi connectivity index (χ0n) is 9.75. The van der Waals surface area contributed by atoms with Crippen molar-refractivity contribution < 1.29 is 9.90 Å². The van der Waals surface area contributed by atoms with Gasteiger partial charge < -0.3 is 5.11 Å². The molecule has 0 fully saturated rings. The molecule has 0 aromatic carbocycles. The van der Waals surface area contributed by atoms with Crippen molar-refractivity contribution in [1.29, 1.82) is 0 Å². The lowest BCUT2D eigenvalue weighted by Crippen LogP contribution is -2.01. The van der Waals surface area contributed by atoms with Gasteiger partial charge in [0.25, 0.3) is 0 Å². The van der Waals surface area contributed by atoms with Gasteiger partial charge >= 0.3 is 5.97 Å². The Bertz CT molecular complexity index is 152. The van der Waals surface area contributed by atoms with E-state index in [9.17, 15) is 4.79 Å². The van der Waals surface area contributed by atoms with Crippen molar-refractivity contribution in [3.63, 3.8) is 0 Å². The summed E-state index contributed by atoms with van der Waals surface area (Å²) in [7, 11) is 0. The van der Waals surface area contributed by atoms with Gasteiger partial charge in [-0.1, -0.05) is 46.5 Å². The number of rotatable bonds is 8. The maximum Gasteiger partial charge on any atom is 0.303 e. The first kappa shape index (κ1) is 13.5. The summed E-state index contributed by atoms with van der Waals surface area (Å²) in [6, 6.07) is 0. The molecular formula is C12H24O2. The number of carbonyl (C=O) groups is 1. The molecule has 0 radical (unpaired) electrons. The second kappa shape index (κ2) is 7.84. The smallest absolute Gasteiger partial charge is 0.303 e. The van der Waals surface area contributed by atoms with E-state index in [4.69, 9.17) is 5.11 Å². The molecule has 2 nitrogen and oxygen atoms in total. The molecule has 0 aromatic rings. The van der Waals surface area contributed by atoms with Gasteiger partial charge in [0.05, 0.1) is 0 Å². The Kier molecular flexibility index (Phi) is 7.54. The molecule has 0 saturated carbocycles. The fourth-order valence-electron chi connectivity index (χ4n) is 1.56. The average Bonchev–Trinajstić information content (AvgIpc) is 2.08. The van der Waals surface area contributed by atoms with Crippen LogP contribution < -0.4 is 0 Å². The van der Waals surface area contributed by atoms with Gasteiger partial charge in [-0.2, -0.15) is 0 Å². The van der Waals surface area contributed by atoms with E-state index in [0.29, 0.717) is 12.3 Å². The number of aliphatic carboxylic acids is 1. The molecule has 0 saturated heterocycles. The van der Waals surface area contributed by atoms with E-state index in [2.05, 4.69) is 20.8 Å². The van der Waals surface area contributed by atoms with Crippen molar-refractivity contribution in [1.82, 2.24) is 0 Å². The minimum Gasteiger partial charge on any atom is -0.481 e. The van der Waals surface area contributed by atoms with Crippen LogP contribution in [0.2, 0.25) is 0 Å². The molecule has 0 amide bonds. The minimum atomic E-state index is -0.668. The van der Waals surface area contributed by atoms with Crippen LogP contribution >= 0.6 is 0 Å². The summed E-state index contributed by atoms with van der Waals surface area (Å²) in [4.78, 5) is 10.3. The summed E-state index contributed by atoms with van der Waals surface area (Å²) < 4.78 is 0. The van der Waals surface area contributed by atoms with Crippen molar-refractivity contribution in [2.75, 3.05) is 0 Å². The lowest BCUT2D eigenvalue weighted by Gasteiger charge is -2.10. The number of unbranched alkanes of at least 4 members (excludes halogenated alkanes) is 1. The molecule has 0 unspecified atom stereocenters. The third kappa shape index (κ3) is 9.56. The van der Waals surface area contributed by atoms with Gasteiger partial charge in [-0.3, -0.25) is 4.79 Å². The molecule has 14 heavy (non-hydrogen) atoms.